The van der Waals surface area contributed by atoms with E-state index in [1.807, 2.05) is 0 Å². The van der Waals surface area contributed by atoms with Crippen LogP contribution in [0.5, 0.6) is 0 Å². The molecule has 2 aromatic rings. The number of aliphatic hydroxyl groups is 1. The number of nitrogens with one attached hydrogen (secondary N) is 2. The molecule has 0 fully saturated rings. The second-order valence-electron chi connectivity index (χ2n) is 6.54. The highest BCUT2D eigenvalue weighted by molar-refractivity contribution is 5.79. The Kier molecular flexibility index (Phi) is 7.07. The van der Waals surface area contributed by atoms with Crippen molar-refractivity contribution in [1.82, 2.24) is 10.6 Å². The molecule has 0 aliphatic heterocycles. The van der Waals surface area contributed by atoms with Gasteiger partial charge in [-0.3, -0.25) is 0 Å². The lowest BCUT2D eigenvalue weighted by Gasteiger charge is -2.23. The normalized spacial score (nSPS) is 14.2. The van der Waals surface area contributed by atoms with Gasteiger partial charge in [0.05, 0.1) is 19.4 Å². The predicted molar refractivity (Wildman–Crippen MR) is 102 cm³/mol. The molecule has 0 aliphatic rings. The fourth-order valence-corrected chi connectivity index (χ4v) is 2.35. The van der Waals surface area contributed by atoms with Crippen molar-refractivity contribution < 1.29 is 9.52 Å². The van der Waals surface area contributed by atoms with Gasteiger partial charge in [-0.05, 0) is 38.0 Å². The van der Waals surface area contributed by atoms with Crippen molar-refractivity contribution in [1.29, 1.82) is 0 Å². The zero-order chi connectivity index (χ0) is 18.1. The molecule has 0 spiro atoms. The molecule has 1 aromatic carbocycles. The van der Waals surface area contributed by atoms with E-state index >= 15 is 0 Å². The minimum absolute atomic E-state index is 0.312. The molecule has 1 heterocycles. The van der Waals surface area contributed by atoms with E-state index in [1.54, 1.807) is 25.3 Å². The van der Waals surface area contributed by atoms with Crippen LogP contribution in [0.15, 0.2) is 52.1 Å². The van der Waals surface area contributed by atoms with Gasteiger partial charge in [-0.2, -0.15) is 0 Å². The topological polar surface area (TPSA) is 69.8 Å². The molecule has 1 aromatic heterocycles. The second kappa shape index (κ2) is 9.28. The van der Waals surface area contributed by atoms with Gasteiger partial charge < -0.3 is 20.2 Å². The Balaban J connectivity index is 1.99. The quantitative estimate of drug-likeness (QED) is 0.391. The fraction of sp³-hybridized carbons (Fsp3) is 0.450. The maximum Gasteiger partial charge on any atom is 0.191 e. The van der Waals surface area contributed by atoms with E-state index in [2.05, 4.69) is 53.7 Å². The molecule has 0 amide bonds. The number of unbranched alkanes of at least 4 members (excludes halogenated alkanes) is 1. The van der Waals surface area contributed by atoms with Gasteiger partial charge in [0, 0.05) is 6.54 Å². The summed E-state index contributed by atoms with van der Waals surface area (Å²) in [6, 6.07) is 11.9. The smallest absolute Gasteiger partial charge is 0.191 e. The zero-order valence-corrected chi connectivity index (χ0v) is 15.4. The minimum atomic E-state index is -1.10. The minimum Gasteiger partial charge on any atom is -0.466 e. The summed E-state index contributed by atoms with van der Waals surface area (Å²) in [6.45, 7) is 7.70. The van der Waals surface area contributed by atoms with Crippen LogP contribution in [-0.4, -0.2) is 24.2 Å². The lowest BCUT2D eigenvalue weighted by atomic mass is 10.0. The first-order chi connectivity index (χ1) is 12.0. The van der Waals surface area contributed by atoms with E-state index < -0.39 is 5.60 Å². The van der Waals surface area contributed by atoms with E-state index in [1.165, 1.54) is 5.56 Å². The highest BCUT2D eigenvalue weighted by atomic mass is 16.4. The fourth-order valence-electron chi connectivity index (χ4n) is 2.35. The number of nitrogens with zero attached hydrogens (tertiary/aromatic N) is 1. The van der Waals surface area contributed by atoms with Gasteiger partial charge in [0.15, 0.2) is 5.96 Å². The van der Waals surface area contributed by atoms with E-state index in [4.69, 9.17) is 4.42 Å². The average molecular weight is 343 g/mol. The standard InChI is InChI=1S/C20H29N3O2/c1-4-5-12-21-19(22-14-17-10-8-16(2)9-11-17)23-15-20(3,24)18-7-6-13-25-18/h6-11,13,24H,4-5,12,14-15H2,1-3H3,(H2,21,22,23). The van der Waals surface area contributed by atoms with E-state index in [0.29, 0.717) is 24.8 Å². The first kappa shape index (κ1) is 19.1. The van der Waals surface area contributed by atoms with Gasteiger partial charge in [-0.1, -0.05) is 43.2 Å². The maximum atomic E-state index is 10.6. The Morgan fingerprint density at radius 1 is 1.20 bits per heavy atom. The number of hydrogen-bond acceptors (Lipinski definition) is 3. The van der Waals surface area contributed by atoms with Crippen molar-refractivity contribution in [3.05, 3.63) is 59.5 Å². The van der Waals surface area contributed by atoms with Crippen molar-refractivity contribution in [2.24, 2.45) is 4.99 Å². The lowest BCUT2D eigenvalue weighted by Crippen LogP contribution is -2.44. The number of benzene rings is 1. The molecule has 25 heavy (non-hydrogen) atoms. The van der Waals surface area contributed by atoms with Gasteiger partial charge in [0.2, 0.25) is 0 Å². The SMILES string of the molecule is CCCCNC(=NCc1ccc(C)cc1)NCC(C)(O)c1ccco1. The van der Waals surface area contributed by atoms with Crippen LogP contribution in [0, 0.1) is 6.92 Å². The van der Waals surface area contributed by atoms with Crippen LogP contribution in [0.3, 0.4) is 0 Å². The summed E-state index contributed by atoms with van der Waals surface area (Å²) in [5, 5.41) is 17.1. The van der Waals surface area contributed by atoms with Gasteiger partial charge >= 0.3 is 0 Å². The highest BCUT2D eigenvalue weighted by Gasteiger charge is 2.26. The molecule has 136 valence electrons. The van der Waals surface area contributed by atoms with Crippen molar-refractivity contribution in [3.8, 4) is 0 Å². The summed E-state index contributed by atoms with van der Waals surface area (Å²) < 4.78 is 5.32. The third-order valence-electron chi connectivity index (χ3n) is 4.02. The average Bonchev–Trinajstić information content (AvgIpc) is 3.14. The number of furan rings is 1. The Labute approximate surface area is 150 Å². The van der Waals surface area contributed by atoms with Crippen LogP contribution in [0.4, 0.5) is 0 Å². The van der Waals surface area contributed by atoms with Gasteiger partial charge in [-0.15, -0.1) is 0 Å². The Morgan fingerprint density at radius 3 is 2.60 bits per heavy atom. The van der Waals surface area contributed by atoms with Crippen molar-refractivity contribution in [2.75, 3.05) is 13.1 Å². The number of rotatable bonds is 8. The first-order valence-electron chi connectivity index (χ1n) is 8.85. The largest absolute Gasteiger partial charge is 0.466 e. The molecule has 0 aliphatic carbocycles. The van der Waals surface area contributed by atoms with Crippen LogP contribution < -0.4 is 10.6 Å². The van der Waals surface area contributed by atoms with Crippen LogP contribution >= 0.6 is 0 Å². The molecule has 0 bridgehead atoms. The molecule has 5 nitrogen and oxygen atoms in total. The molecule has 2 rings (SSSR count). The number of guanidine groups is 1. The number of hydrogen-bond donors (Lipinski definition) is 3. The molecular weight excluding hydrogens is 314 g/mol. The van der Waals surface area contributed by atoms with E-state index in [0.717, 1.165) is 24.9 Å². The summed E-state index contributed by atoms with van der Waals surface area (Å²) >= 11 is 0. The molecule has 1 unspecified atom stereocenters. The Hall–Kier alpha value is -2.27. The lowest BCUT2D eigenvalue weighted by molar-refractivity contribution is 0.0386. The van der Waals surface area contributed by atoms with Crippen LogP contribution in [-0.2, 0) is 12.1 Å². The van der Waals surface area contributed by atoms with Crippen molar-refractivity contribution >= 4 is 5.96 Å². The van der Waals surface area contributed by atoms with E-state index in [9.17, 15) is 5.11 Å². The molecule has 1 atom stereocenters. The third-order valence-corrected chi connectivity index (χ3v) is 4.02. The van der Waals surface area contributed by atoms with Crippen LogP contribution in [0.1, 0.15) is 43.6 Å². The highest BCUT2D eigenvalue weighted by Crippen LogP contribution is 2.19. The number of aryl methyl sites for hydroxylation is 1. The molecule has 0 saturated heterocycles. The van der Waals surface area contributed by atoms with Crippen molar-refractivity contribution in [3.63, 3.8) is 0 Å². The monoisotopic (exact) mass is 343 g/mol. The Bertz CT molecular complexity index is 646. The summed E-state index contributed by atoms with van der Waals surface area (Å²) in [7, 11) is 0. The second-order valence-corrected chi connectivity index (χ2v) is 6.54. The van der Waals surface area contributed by atoms with E-state index in [-0.39, 0.29) is 0 Å². The zero-order valence-electron chi connectivity index (χ0n) is 15.4. The molecule has 0 radical (unpaired) electrons. The first-order valence-corrected chi connectivity index (χ1v) is 8.85. The van der Waals surface area contributed by atoms with Crippen molar-refractivity contribution in [2.45, 2.75) is 45.8 Å². The molecule has 0 saturated carbocycles. The summed E-state index contributed by atoms with van der Waals surface area (Å²) in [5.74, 6) is 1.23. The maximum absolute atomic E-state index is 10.6. The predicted octanol–water partition coefficient (Wildman–Crippen LogP) is 3.33. The van der Waals surface area contributed by atoms with Crippen LogP contribution in [0.2, 0.25) is 0 Å². The Morgan fingerprint density at radius 2 is 1.96 bits per heavy atom. The third kappa shape index (κ3) is 6.27. The number of aliphatic imine (C=N–C) groups is 1. The summed E-state index contributed by atoms with van der Waals surface area (Å²) in [4.78, 5) is 4.63. The molecule has 3 N–H and O–H groups in total. The summed E-state index contributed by atoms with van der Waals surface area (Å²) in [6.07, 6.45) is 3.75. The molecular formula is C20H29N3O2. The summed E-state index contributed by atoms with van der Waals surface area (Å²) in [5.41, 5.74) is 1.29. The van der Waals surface area contributed by atoms with Gasteiger partial charge in [0.25, 0.3) is 0 Å². The van der Waals surface area contributed by atoms with Crippen LogP contribution in [0.25, 0.3) is 0 Å². The van der Waals surface area contributed by atoms with Gasteiger partial charge in [0.1, 0.15) is 11.4 Å². The van der Waals surface area contributed by atoms with Gasteiger partial charge in [-0.25, -0.2) is 4.99 Å². The molecule has 5 heteroatoms.